The fraction of sp³-hybridized carbons (Fsp3) is 0.286. The lowest BCUT2D eigenvalue weighted by atomic mass is 9.96. The van der Waals surface area contributed by atoms with E-state index in [0.29, 0.717) is 17.1 Å². The van der Waals surface area contributed by atoms with Gasteiger partial charge in [-0.25, -0.2) is 9.67 Å². The third kappa shape index (κ3) is 4.40. The maximum atomic E-state index is 13.9. The smallest absolute Gasteiger partial charge is 0.410 e. The van der Waals surface area contributed by atoms with Gasteiger partial charge in [0.05, 0.1) is 32.1 Å². The van der Waals surface area contributed by atoms with Gasteiger partial charge >= 0.3 is 6.18 Å². The maximum absolute atomic E-state index is 13.9. The number of anilines is 2. The molecule has 1 aliphatic heterocycles. The highest BCUT2D eigenvalue weighted by Gasteiger charge is 2.47. The van der Waals surface area contributed by atoms with Gasteiger partial charge in [0.1, 0.15) is 11.4 Å². The van der Waals surface area contributed by atoms with Gasteiger partial charge in [-0.1, -0.05) is 17.7 Å². The third-order valence-corrected chi connectivity index (χ3v) is 5.60. The maximum Gasteiger partial charge on any atom is 0.410 e. The van der Waals surface area contributed by atoms with Gasteiger partial charge < -0.3 is 20.1 Å². The number of rotatable bonds is 5. The molecule has 2 aromatic heterocycles. The summed E-state index contributed by atoms with van der Waals surface area (Å²) in [6.45, 7) is 0. The van der Waals surface area contributed by atoms with Crippen LogP contribution < -0.4 is 20.1 Å². The van der Waals surface area contributed by atoms with Gasteiger partial charge in [-0.05, 0) is 29.8 Å². The molecule has 3 aromatic rings. The molecule has 0 saturated carbocycles. The largest absolute Gasteiger partial charge is 0.493 e. The summed E-state index contributed by atoms with van der Waals surface area (Å²) in [5, 5.41) is 9.50. The van der Waals surface area contributed by atoms with E-state index in [2.05, 4.69) is 20.7 Å². The van der Waals surface area contributed by atoms with Crippen molar-refractivity contribution in [2.45, 2.75) is 24.7 Å². The Morgan fingerprint density at radius 3 is 2.67 bits per heavy atom. The lowest BCUT2D eigenvalue weighted by Gasteiger charge is -2.34. The Labute approximate surface area is 191 Å². The highest BCUT2D eigenvalue weighted by Crippen LogP contribution is 2.45. The van der Waals surface area contributed by atoms with Crippen LogP contribution in [0.15, 0.2) is 42.7 Å². The first-order chi connectivity index (χ1) is 15.7. The van der Waals surface area contributed by atoms with Gasteiger partial charge in [-0.2, -0.15) is 18.3 Å². The highest BCUT2D eigenvalue weighted by atomic mass is 35.5. The molecule has 1 aromatic carbocycles. The first-order valence-electron chi connectivity index (χ1n) is 9.77. The van der Waals surface area contributed by atoms with Crippen molar-refractivity contribution < 1.29 is 27.4 Å². The minimum Gasteiger partial charge on any atom is -0.493 e. The summed E-state index contributed by atoms with van der Waals surface area (Å²) >= 11 is 5.98. The van der Waals surface area contributed by atoms with Crippen LogP contribution in [0.1, 0.15) is 34.4 Å². The van der Waals surface area contributed by atoms with Crippen LogP contribution in [-0.2, 0) is 0 Å². The van der Waals surface area contributed by atoms with E-state index < -0.39 is 24.2 Å². The van der Waals surface area contributed by atoms with Crippen LogP contribution in [0.3, 0.4) is 0 Å². The molecule has 0 radical (unpaired) electrons. The number of halogens is 4. The molecule has 12 heteroatoms. The quantitative estimate of drug-likeness (QED) is 0.506. The number of carbonyl (C=O) groups excluding carboxylic acids is 1. The van der Waals surface area contributed by atoms with Crippen LogP contribution in [0.25, 0.3) is 0 Å². The Bertz CT molecular complexity index is 1180. The summed E-state index contributed by atoms with van der Waals surface area (Å²) in [5.41, 5.74) is 0.703. The van der Waals surface area contributed by atoms with Crippen molar-refractivity contribution in [3.63, 3.8) is 0 Å². The van der Waals surface area contributed by atoms with E-state index in [1.165, 1.54) is 26.5 Å². The van der Waals surface area contributed by atoms with E-state index in [9.17, 15) is 18.0 Å². The molecule has 4 rings (SSSR count). The Kier molecular flexibility index (Phi) is 6.07. The standard InChI is InChI=1S/C21H19ClF3N5O3/c1-32-15-6-5-11(8-16(15)33-2)14-9-17(21(23,24)25)30-19(28-14)12(10-27-30)20(31)29-13-4-3-7-26-18(13)22/h3-8,10,14,17,28H,9H2,1-2H3,(H,29,31)/t14-,17+/m0/s1. The fourth-order valence-corrected chi connectivity index (χ4v) is 3.85. The van der Waals surface area contributed by atoms with Gasteiger partial charge in [-0.3, -0.25) is 4.79 Å². The van der Waals surface area contributed by atoms with E-state index in [1.54, 1.807) is 24.3 Å². The fourth-order valence-electron chi connectivity index (χ4n) is 3.69. The third-order valence-electron chi connectivity index (χ3n) is 5.30. The molecule has 2 N–H and O–H groups in total. The second-order valence-electron chi connectivity index (χ2n) is 7.25. The molecule has 0 saturated heterocycles. The molecule has 0 unspecified atom stereocenters. The van der Waals surface area contributed by atoms with Crippen LogP contribution in [0.2, 0.25) is 5.15 Å². The van der Waals surface area contributed by atoms with E-state index >= 15 is 0 Å². The van der Waals surface area contributed by atoms with E-state index in [1.807, 2.05) is 0 Å². The zero-order chi connectivity index (χ0) is 23.8. The summed E-state index contributed by atoms with van der Waals surface area (Å²) < 4.78 is 53.0. The Morgan fingerprint density at radius 1 is 1.24 bits per heavy atom. The number of nitrogens with zero attached hydrogens (tertiary/aromatic N) is 3. The van der Waals surface area contributed by atoms with Crippen molar-refractivity contribution in [3.05, 3.63) is 59.0 Å². The SMILES string of the molecule is COc1ccc([C@@H]2C[C@H](C(F)(F)F)n3ncc(C(=O)Nc4cccnc4Cl)c3N2)cc1OC. The van der Waals surface area contributed by atoms with E-state index in [-0.39, 0.29) is 28.6 Å². The van der Waals surface area contributed by atoms with Gasteiger partial charge in [0.2, 0.25) is 0 Å². The zero-order valence-electron chi connectivity index (χ0n) is 17.5. The second kappa shape index (κ2) is 8.81. The average molecular weight is 482 g/mol. The highest BCUT2D eigenvalue weighted by molar-refractivity contribution is 6.32. The molecule has 1 amide bonds. The number of benzene rings is 1. The van der Waals surface area contributed by atoms with Crippen molar-refractivity contribution in [2.75, 3.05) is 24.9 Å². The molecule has 2 atom stereocenters. The van der Waals surface area contributed by atoms with Crippen molar-refractivity contribution in [1.82, 2.24) is 14.8 Å². The molecule has 3 heterocycles. The number of carbonyl (C=O) groups is 1. The van der Waals surface area contributed by atoms with Gasteiger partial charge in [-0.15, -0.1) is 0 Å². The predicted molar refractivity (Wildman–Crippen MR) is 115 cm³/mol. The minimum atomic E-state index is -4.59. The molecule has 8 nitrogen and oxygen atoms in total. The molecule has 0 spiro atoms. The molecule has 1 aliphatic rings. The van der Waals surface area contributed by atoms with Crippen molar-refractivity contribution in [1.29, 1.82) is 0 Å². The predicted octanol–water partition coefficient (Wildman–Crippen LogP) is 4.86. The van der Waals surface area contributed by atoms with Gasteiger partial charge in [0.25, 0.3) is 5.91 Å². The number of amides is 1. The first kappa shape index (κ1) is 22.7. The summed E-state index contributed by atoms with van der Waals surface area (Å²) in [6.07, 6.45) is -2.37. The van der Waals surface area contributed by atoms with Crippen molar-refractivity contribution in [3.8, 4) is 11.5 Å². The number of nitrogens with one attached hydrogen (secondary N) is 2. The number of ether oxygens (including phenoxy) is 2. The van der Waals surface area contributed by atoms with Crippen molar-refractivity contribution >= 4 is 29.0 Å². The summed E-state index contributed by atoms with van der Waals surface area (Å²) in [5.74, 6) is 0.0972. The summed E-state index contributed by atoms with van der Waals surface area (Å²) in [6, 6.07) is 5.26. The lowest BCUT2D eigenvalue weighted by Crippen LogP contribution is -2.36. The Hall–Kier alpha value is -3.47. The van der Waals surface area contributed by atoms with E-state index in [0.717, 1.165) is 10.9 Å². The zero-order valence-corrected chi connectivity index (χ0v) is 18.2. The molecular weight excluding hydrogens is 463 g/mol. The number of methoxy groups -OCH3 is 2. The molecule has 0 fully saturated rings. The molecular formula is C21H19ClF3N5O3. The number of fused-ring (bicyclic) bond motifs is 1. The van der Waals surface area contributed by atoms with E-state index in [4.69, 9.17) is 21.1 Å². The number of aromatic nitrogens is 3. The summed E-state index contributed by atoms with van der Waals surface area (Å²) in [7, 11) is 2.91. The molecule has 174 valence electrons. The Morgan fingerprint density at radius 2 is 2.00 bits per heavy atom. The Balaban J connectivity index is 1.71. The number of alkyl halides is 3. The van der Waals surface area contributed by atoms with Crippen molar-refractivity contribution in [2.24, 2.45) is 0 Å². The number of pyridine rings is 1. The van der Waals surface area contributed by atoms with Gasteiger partial charge in [0.15, 0.2) is 22.7 Å². The van der Waals surface area contributed by atoms with Crippen LogP contribution in [0.5, 0.6) is 11.5 Å². The summed E-state index contributed by atoms with van der Waals surface area (Å²) in [4.78, 5) is 16.7. The van der Waals surface area contributed by atoms with Gasteiger partial charge in [0, 0.05) is 12.6 Å². The second-order valence-corrected chi connectivity index (χ2v) is 7.61. The average Bonchev–Trinajstić information content (AvgIpc) is 3.22. The normalized spacial score (nSPS) is 17.6. The topological polar surface area (TPSA) is 90.3 Å². The van der Waals surface area contributed by atoms with Crippen LogP contribution >= 0.6 is 11.6 Å². The monoisotopic (exact) mass is 481 g/mol. The minimum absolute atomic E-state index is 0.0521. The lowest BCUT2D eigenvalue weighted by molar-refractivity contribution is -0.173. The number of hydrogen-bond donors (Lipinski definition) is 2. The first-order valence-corrected chi connectivity index (χ1v) is 10.1. The van der Waals surface area contributed by atoms with Crippen LogP contribution in [0, 0.1) is 0 Å². The number of hydrogen-bond acceptors (Lipinski definition) is 6. The van der Waals surface area contributed by atoms with Crippen LogP contribution in [0.4, 0.5) is 24.7 Å². The van der Waals surface area contributed by atoms with Crippen LogP contribution in [-0.4, -0.2) is 41.1 Å². The molecule has 0 bridgehead atoms. The molecule has 0 aliphatic carbocycles. The molecule has 33 heavy (non-hydrogen) atoms.